The highest BCUT2D eigenvalue weighted by Gasteiger charge is 2.51. The molecule has 10 rings (SSSR count). The molecule has 5 aromatic carbocycles. The van der Waals surface area contributed by atoms with E-state index < -0.39 is 0 Å². The molecule has 0 radical (unpaired) electrons. The maximum atomic E-state index is 7.59. The Hall–Kier alpha value is -5.22. The fourth-order valence-electron chi connectivity index (χ4n) is 11.6. The van der Waals surface area contributed by atoms with E-state index in [1.165, 1.54) is 108 Å². The summed E-state index contributed by atoms with van der Waals surface area (Å²) in [5.41, 5.74) is 24.5. The summed E-state index contributed by atoms with van der Waals surface area (Å²) in [7, 11) is 0. The highest BCUT2D eigenvalue weighted by Crippen LogP contribution is 2.58. The third-order valence-corrected chi connectivity index (χ3v) is 15.4. The highest BCUT2D eigenvalue weighted by atomic mass is 16.3. The van der Waals surface area contributed by atoms with Gasteiger partial charge in [0.2, 0.25) is 0 Å². The molecule has 0 saturated heterocycles. The number of furan rings is 1. The van der Waals surface area contributed by atoms with Gasteiger partial charge in [-0.15, -0.1) is 0 Å². The predicted octanol–water partition coefficient (Wildman–Crippen LogP) is 14.3. The van der Waals surface area contributed by atoms with Crippen molar-refractivity contribution in [3.63, 3.8) is 0 Å². The average Bonchev–Trinajstić information content (AvgIpc) is 3.57. The molecule has 3 nitrogen and oxygen atoms in total. The lowest BCUT2D eigenvalue weighted by Gasteiger charge is -2.49. The number of hydrogen-bond acceptors (Lipinski definition) is 3. The highest BCUT2D eigenvalue weighted by molar-refractivity contribution is 6.99. The van der Waals surface area contributed by atoms with E-state index in [1.807, 2.05) is 0 Å². The van der Waals surface area contributed by atoms with E-state index in [-0.39, 0.29) is 28.4 Å². The fourth-order valence-corrected chi connectivity index (χ4v) is 11.6. The molecule has 2 aliphatic heterocycles. The Labute approximate surface area is 372 Å². The first-order valence-electron chi connectivity index (χ1n) is 23.2. The first-order chi connectivity index (χ1) is 29.1. The minimum absolute atomic E-state index is 0.0353. The zero-order valence-corrected chi connectivity index (χ0v) is 39.8. The quantitative estimate of drug-likeness (QED) is 0.166. The number of hydrogen-bond donors (Lipinski definition) is 0. The maximum absolute atomic E-state index is 7.59. The summed E-state index contributed by atoms with van der Waals surface area (Å²) in [6.45, 7) is 32.8. The number of benzene rings is 5. The normalized spacial score (nSPS) is 18.4. The molecule has 6 aromatic rings. The molecule has 3 heterocycles. The smallest absolute Gasteiger partial charge is 0.297 e. The van der Waals surface area contributed by atoms with Crippen molar-refractivity contribution in [2.45, 2.75) is 127 Å². The molecule has 2 aliphatic carbocycles. The van der Waals surface area contributed by atoms with Gasteiger partial charge >= 0.3 is 0 Å². The standard InChI is InChI=1S/C58H65BN2O/c1-34-28-48-52-49(29-34)61(47-30-38(19-18-35(47)2)51-36(3)16-15-17-37(51)4)46-25-22-40(56(8,9)10)31-45(46)59(52)54-53(60(48)41-23-20-39(21-24-41)55(5,6)7)42-32-43-44(33-50(42)62-54)58(13,14)27-26-57(43,11)12/h15-25,28-32,44H,26-27,33H2,1-14H3. The van der Waals surface area contributed by atoms with Crippen molar-refractivity contribution < 1.29 is 4.42 Å². The van der Waals surface area contributed by atoms with Crippen LogP contribution in [0, 0.1) is 44.4 Å². The van der Waals surface area contributed by atoms with E-state index in [2.05, 4.69) is 204 Å². The second kappa shape index (κ2) is 13.6. The van der Waals surface area contributed by atoms with Gasteiger partial charge in [-0.1, -0.05) is 129 Å². The van der Waals surface area contributed by atoms with Crippen LogP contribution in [0.5, 0.6) is 0 Å². The number of nitrogens with zero attached hydrogens (tertiary/aromatic N) is 2. The lowest BCUT2D eigenvalue weighted by Crippen LogP contribution is -2.61. The Morgan fingerprint density at radius 3 is 1.95 bits per heavy atom. The second-order valence-corrected chi connectivity index (χ2v) is 22.8. The Bertz CT molecular complexity index is 2830. The van der Waals surface area contributed by atoms with Crippen molar-refractivity contribution in [1.29, 1.82) is 0 Å². The maximum Gasteiger partial charge on any atom is 0.297 e. The SMILES string of the molecule is Cc1cc2c3c(c1)N(c1ccc(C(C)(C)C)cc1)c1c(oc4c1C=C1C(C4)C(C)(C)CCC1(C)C)B3c1cc(C(C)(C)C)ccc1N2c1cc(-c2c(C)cccc2C)ccc1C. The lowest BCUT2D eigenvalue weighted by molar-refractivity contribution is 0.119. The van der Waals surface area contributed by atoms with Crippen molar-refractivity contribution in [1.82, 2.24) is 0 Å². The summed E-state index contributed by atoms with van der Waals surface area (Å²) in [4.78, 5) is 5.17. The van der Waals surface area contributed by atoms with Gasteiger partial charge in [0.1, 0.15) is 5.76 Å². The predicted molar refractivity (Wildman–Crippen MR) is 266 cm³/mol. The fraction of sp³-hybridized carbons (Fsp3) is 0.379. The van der Waals surface area contributed by atoms with Crippen molar-refractivity contribution in [2.24, 2.45) is 16.7 Å². The van der Waals surface area contributed by atoms with Crippen LogP contribution >= 0.6 is 0 Å². The van der Waals surface area contributed by atoms with Gasteiger partial charge in [-0.3, -0.25) is 0 Å². The molecule has 0 N–H and O–H groups in total. The topological polar surface area (TPSA) is 19.6 Å². The van der Waals surface area contributed by atoms with Crippen LogP contribution in [0.3, 0.4) is 0 Å². The van der Waals surface area contributed by atoms with Gasteiger partial charge in [0.15, 0.2) is 0 Å². The van der Waals surface area contributed by atoms with E-state index in [0.717, 1.165) is 17.8 Å². The Kier molecular flexibility index (Phi) is 8.98. The zero-order chi connectivity index (χ0) is 44.0. The van der Waals surface area contributed by atoms with Crippen molar-refractivity contribution in [2.75, 3.05) is 9.80 Å². The van der Waals surface area contributed by atoms with Crippen molar-refractivity contribution in [3.8, 4) is 11.1 Å². The molecule has 0 amide bonds. The van der Waals surface area contributed by atoms with Gasteiger partial charge in [-0.05, 0) is 166 Å². The van der Waals surface area contributed by atoms with Gasteiger partial charge in [0, 0.05) is 40.4 Å². The van der Waals surface area contributed by atoms with E-state index in [4.69, 9.17) is 4.42 Å². The molecule has 316 valence electrons. The van der Waals surface area contributed by atoms with E-state index in [1.54, 1.807) is 5.57 Å². The van der Waals surface area contributed by atoms with Crippen molar-refractivity contribution in [3.05, 3.63) is 141 Å². The molecule has 0 bridgehead atoms. The molecule has 4 aliphatic rings. The van der Waals surface area contributed by atoms with Crippen LogP contribution in [0.1, 0.15) is 127 Å². The first-order valence-corrected chi connectivity index (χ1v) is 23.2. The largest absolute Gasteiger partial charge is 0.472 e. The van der Waals surface area contributed by atoms with Gasteiger partial charge < -0.3 is 14.2 Å². The number of aryl methyl sites for hydroxylation is 4. The number of allylic oxidation sites excluding steroid dienone is 1. The van der Waals surface area contributed by atoms with Crippen LogP contribution in [0.25, 0.3) is 17.2 Å². The summed E-state index contributed by atoms with van der Waals surface area (Å²) in [5.74, 6) is 1.59. The Morgan fingerprint density at radius 1 is 0.645 bits per heavy atom. The summed E-state index contributed by atoms with van der Waals surface area (Å²) in [6.07, 6.45) is 5.95. The van der Waals surface area contributed by atoms with Crippen molar-refractivity contribution >= 4 is 63.5 Å². The minimum Gasteiger partial charge on any atom is -0.472 e. The van der Waals surface area contributed by atoms with Crippen LogP contribution in [-0.4, -0.2) is 6.71 Å². The third-order valence-electron chi connectivity index (χ3n) is 15.4. The molecule has 4 heteroatoms. The molecule has 1 fully saturated rings. The lowest BCUT2D eigenvalue weighted by atomic mass is 9.35. The third kappa shape index (κ3) is 6.21. The monoisotopic (exact) mass is 817 g/mol. The molecule has 1 atom stereocenters. The van der Waals surface area contributed by atoms with Gasteiger partial charge in [0.05, 0.1) is 11.3 Å². The van der Waals surface area contributed by atoms with Gasteiger partial charge in [0.25, 0.3) is 6.71 Å². The molecular formula is C58H65BN2O. The molecular weight excluding hydrogens is 751 g/mol. The zero-order valence-electron chi connectivity index (χ0n) is 39.8. The molecule has 1 unspecified atom stereocenters. The Morgan fingerprint density at radius 2 is 1.29 bits per heavy atom. The van der Waals surface area contributed by atoms with E-state index >= 15 is 0 Å². The second-order valence-electron chi connectivity index (χ2n) is 22.8. The molecule has 62 heavy (non-hydrogen) atoms. The Balaban J connectivity index is 1.29. The molecule has 0 spiro atoms. The number of anilines is 6. The molecule has 1 saturated carbocycles. The average molecular weight is 817 g/mol. The van der Waals surface area contributed by atoms with Crippen LogP contribution in [0.2, 0.25) is 0 Å². The van der Waals surface area contributed by atoms with Crippen LogP contribution < -0.4 is 26.4 Å². The summed E-state index contributed by atoms with van der Waals surface area (Å²) >= 11 is 0. The van der Waals surface area contributed by atoms with Crippen LogP contribution in [0.15, 0.2) is 101 Å². The minimum atomic E-state index is -0.0802. The van der Waals surface area contributed by atoms with Crippen LogP contribution in [-0.2, 0) is 17.3 Å². The first kappa shape index (κ1) is 40.8. The molecule has 1 aromatic heterocycles. The number of rotatable bonds is 3. The number of fused-ring (bicyclic) bond motifs is 7. The van der Waals surface area contributed by atoms with E-state index in [9.17, 15) is 0 Å². The van der Waals surface area contributed by atoms with Gasteiger partial charge in [-0.25, -0.2) is 0 Å². The summed E-state index contributed by atoms with van der Waals surface area (Å²) in [6, 6.07) is 35.3. The summed E-state index contributed by atoms with van der Waals surface area (Å²) in [5, 5.41) is 0. The van der Waals surface area contributed by atoms with E-state index in [0.29, 0.717) is 5.92 Å². The van der Waals surface area contributed by atoms with Crippen LogP contribution in [0.4, 0.5) is 34.1 Å². The summed E-state index contributed by atoms with van der Waals surface area (Å²) < 4.78 is 7.59. The van der Waals surface area contributed by atoms with Gasteiger partial charge in [-0.2, -0.15) is 0 Å².